The van der Waals surface area contributed by atoms with Crippen molar-refractivity contribution in [2.75, 3.05) is 13.2 Å². The minimum atomic E-state index is -4.03. The van der Waals surface area contributed by atoms with E-state index in [1.807, 2.05) is 0 Å². The average molecular weight is 232 g/mol. The maximum absolute atomic E-state index is 12.3. The molecule has 3 rings (SSSR count). The first kappa shape index (κ1) is 12.1. The number of aliphatic hydroxyl groups is 1. The van der Waals surface area contributed by atoms with Crippen LogP contribution < -0.4 is 5.32 Å². The number of hydrogen-bond acceptors (Lipinski definition) is 2. The lowest BCUT2D eigenvalue weighted by molar-refractivity contribution is -0.339. The molecular weight excluding hydrogens is 219 g/mol. The van der Waals surface area contributed by atoms with E-state index in [1.54, 1.807) is 0 Å². The van der Waals surface area contributed by atoms with E-state index in [0.717, 1.165) is 0 Å². The van der Waals surface area contributed by atoms with Gasteiger partial charge in [-0.3, -0.25) is 0 Å². The SMILES string of the molecule is Cl.OCCNC12CC(C(F)(F)F)(C1)C2. The second-order valence-electron chi connectivity index (χ2n) is 4.24. The van der Waals surface area contributed by atoms with Crippen molar-refractivity contribution in [2.45, 2.75) is 31.0 Å². The van der Waals surface area contributed by atoms with Crippen LogP contribution in [0, 0.1) is 5.41 Å². The Balaban J connectivity index is 0.000000980. The molecule has 0 aliphatic heterocycles. The topological polar surface area (TPSA) is 32.3 Å². The summed E-state index contributed by atoms with van der Waals surface area (Å²) in [5.41, 5.74) is -1.67. The highest BCUT2D eigenvalue weighted by atomic mass is 35.5. The van der Waals surface area contributed by atoms with Crippen LogP contribution in [0.25, 0.3) is 0 Å². The molecule has 3 aliphatic carbocycles. The number of β-amino-alcohol motifs (C(OH)–C–C–N with tert-alkyl or cyclic N) is 1. The minimum absolute atomic E-state index is 0. The van der Waals surface area contributed by atoms with E-state index in [9.17, 15) is 13.2 Å². The molecule has 0 amide bonds. The van der Waals surface area contributed by atoms with Crippen molar-refractivity contribution in [2.24, 2.45) is 5.41 Å². The Labute approximate surface area is 86.3 Å². The van der Waals surface area contributed by atoms with Gasteiger partial charge in [-0.1, -0.05) is 0 Å². The van der Waals surface area contributed by atoms with Crippen LogP contribution in [-0.4, -0.2) is 30.0 Å². The van der Waals surface area contributed by atoms with Crippen molar-refractivity contribution in [3.8, 4) is 0 Å². The van der Waals surface area contributed by atoms with Crippen molar-refractivity contribution in [1.82, 2.24) is 5.32 Å². The maximum Gasteiger partial charge on any atom is 0.394 e. The third-order valence-electron chi connectivity index (χ3n) is 3.24. The predicted octanol–water partition coefficient (Wildman–Crippen LogP) is 1.48. The molecule has 0 aromatic heterocycles. The number of rotatable bonds is 3. The Kier molecular flexibility index (Phi) is 2.80. The highest BCUT2D eigenvalue weighted by Gasteiger charge is 2.78. The molecule has 84 valence electrons. The maximum atomic E-state index is 12.3. The monoisotopic (exact) mass is 231 g/mol. The van der Waals surface area contributed by atoms with E-state index in [-0.39, 0.29) is 43.8 Å². The van der Waals surface area contributed by atoms with Crippen LogP contribution in [0.15, 0.2) is 0 Å². The molecule has 2 nitrogen and oxygen atoms in total. The lowest BCUT2D eigenvalue weighted by atomic mass is 9.39. The molecule has 0 atom stereocenters. The van der Waals surface area contributed by atoms with Gasteiger partial charge in [-0.2, -0.15) is 13.2 Å². The Hall–Kier alpha value is -0.0000000000000000555. The van der Waals surface area contributed by atoms with Gasteiger partial charge in [0.2, 0.25) is 0 Å². The fourth-order valence-corrected chi connectivity index (χ4v) is 2.60. The standard InChI is InChI=1S/C8H12F3NO.ClH/c9-8(10,11)6-3-7(4-6,5-6)12-1-2-13;/h12-13H,1-5H2;1H. The second-order valence-corrected chi connectivity index (χ2v) is 4.24. The fourth-order valence-electron chi connectivity index (χ4n) is 2.60. The van der Waals surface area contributed by atoms with Gasteiger partial charge in [0.05, 0.1) is 12.0 Å². The van der Waals surface area contributed by atoms with Gasteiger partial charge < -0.3 is 10.4 Å². The molecule has 0 saturated heterocycles. The molecule has 0 radical (unpaired) electrons. The van der Waals surface area contributed by atoms with E-state index >= 15 is 0 Å². The zero-order valence-corrected chi connectivity index (χ0v) is 8.34. The molecule has 0 aromatic carbocycles. The second kappa shape index (κ2) is 3.25. The number of hydrogen-bond donors (Lipinski definition) is 2. The van der Waals surface area contributed by atoms with Crippen LogP contribution >= 0.6 is 12.4 Å². The van der Waals surface area contributed by atoms with Gasteiger partial charge in [-0.15, -0.1) is 12.4 Å². The number of aliphatic hydroxyl groups excluding tert-OH is 1. The molecule has 14 heavy (non-hydrogen) atoms. The minimum Gasteiger partial charge on any atom is -0.395 e. The molecule has 0 aromatic rings. The largest absolute Gasteiger partial charge is 0.395 e. The highest BCUT2D eigenvalue weighted by molar-refractivity contribution is 5.85. The molecule has 6 heteroatoms. The quantitative estimate of drug-likeness (QED) is 0.771. The summed E-state index contributed by atoms with van der Waals surface area (Å²) in [6, 6.07) is 0. The first-order valence-corrected chi connectivity index (χ1v) is 4.36. The van der Waals surface area contributed by atoms with Gasteiger partial charge in [-0.05, 0) is 19.3 Å². The number of alkyl halides is 3. The Morgan fingerprint density at radius 3 is 2.07 bits per heavy atom. The van der Waals surface area contributed by atoms with Gasteiger partial charge in [0, 0.05) is 12.1 Å². The first-order chi connectivity index (χ1) is 5.93. The Morgan fingerprint density at radius 1 is 1.21 bits per heavy atom. The zero-order valence-electron chi connectivity index (χ0n) is 7.52. The molecule has 3 aliphatic rings. The summed E-state index contributed by atoms with van der Waals surface area (Å²) in [4.78, 5) is 0. The van der Waals surface area contributed by atoms with E-state index in [1.165, 1.54) is 0 Å². The summed E-state index contributed by atoms with van der Waals surface area (Å²) in [5, 5.41) is 11.5. The van der Waals surface area contributed by atoms with Gasteiger partial charge >= 0.3 is 6.18 Å². The summed E-state index contributed by atoms with van der Waals surface area (Å²) in [7, 11) is 0. The van der Waals surface area contributed by atoms with Gasteiger partial charge in [0.25, 0.3) is 0 Å². The molecule has 0 unspecified atom stereocenters. The van der Waals surface area contributed by atoms with Gasteiger partial charge in [-0.25, -0.2) is 0 Å². The van der Waals surface area contributed by atoms with Crippen LogP contribution in [0.1, 0.15) is 19.3 Å². The predicted molar refractivity (Wildman–Crippen MR) is 47.4 cm³/mol. The zero-order chi connectivity index (χ0) is 9.74. The number of nitrogens with one attached hydrogen (secondary N) is 1. The highest BCUT2D eigenvalue weighted by Crippen LogP contribution is 2.73. The van der Waals surface area contributed by atoms with E-state index in [0.29, 0.717) is 6.54 Å². The Bertz CT molecular complexity index is 211. The molecule has 3 fully saturated rings. The normalized spacial score (nSPS) is 39.4. The van der Waals surface area contributed by atoms with Crippen molar-refractivity contribution < 1.29 is 18.3 Å². The van der Waals surface area contributed by atoms with Crippen molar-refractivity contribution in [3.05, 3.63) is 0 Å². The van der Waals surface area contributed by atoms with Crippen molar-refractivity contribution in [1.29, 1.82) is 0 Å². The van der Waals surface area contributed by atoms with Crippen molar-refractivity contribution >= 4 is 12.4 Å². The third-order valence-corrected chi connectivity index (χ3v) is 3.24. The third kappa shape index (κ3) is 1.42. The molecule has 3 saturated carbocycles. The van der Waals surface area contributed by atoms with E-state index in [2.05, 4.69) is 5.32 Å². The summed E-state index contributed by atoms with van der Waals surface area (Å²) in [5.74, 6) is 0. The van der Waals surface area contributed by atoms with Crippen LogP contribution in [0.5, 0.6) is 0 Å². The van der Waals surface area contributed by atoms with Gasteiger partial charge in [0.15, 0.2) is 0 Å². The van der Waals surface area contributed by atoms with Crippen LogP contribution in [0.2, 0.25) is 0 Å². The summed E-state index contributed by atoms with van der Waals surface area (Å²) in [6.45, 7) is 0.384. The van der Waals surface area contributed by atoms with Crippen molar-refractivity contribution in [3.63, 3.8) is 0 Å². The average Bonchev–Trinajstić information content (AvgIpc) is 1.78. The summed E-state index contributed by atoms with van der Waals surface area (Å²) < 4.78 is 37.0. The number of halogens is 4. The molecule has 2 N–H and O–H groups in total. The van der Waals surface area contributed by atoms with E-state index < -0.39 is 11.6 Å². The summed E-state index contributed by atoms with van der Waals surface area (Å²) >= 11 is 0. The smallest absolute Gasteiger partial charge is 0.394 e. The van der Waals surface area contributed by atoms with Crippen LogP contribution in [0.3, 0.4) is 0 Å². The lowest BCUT2D eigenvalue weighted by Crippen LogP contribution is -2.78. The van der Waals surface area contributed by atoms with Crippen LogP contribution in [-0.2, 0) is 0 Å². The van der Waals surface area contributed by atoms with Crippen LogP contribution in [0.4, 0.5) is 13.2 Å². The Morgan fingerprint density at radius 2 is 1.71 bits per heavy atom. The summed E-state index contributed by atoms with van der Waals surface area (Å²) in [6.07, 6.45) is -3.44. The van der Waals surface area contributed by atoms with E-state index in [4.69, 9.17) is 5.11 Å². The fraction of sp³-hybridized carbons (Fsp3) is 1.00. The molecule has 0 heterocycles. The molecular formula is C8H13ClF3NO. The van der Waals surface area contributed by atoms with Gasteiger partial charge in [0.1, 0.15) is 0 Å². The molecule has 2 bridgehead atoms. The molecule has 0 spiro atoms. The first-order valence-electron chi connectivity index (χ1n) is 4.36. The lowest BCUT2D eigenvalue weighted by Gasteiger charge is -2.70.